The third kappa shape index (κ3) is 3.56. The molecule has 2 rings (SSSR count). The average molecular weight is 347 g/mol. The number of nitrogens with one attached hydrogen (secondary N) is 1. The lowest BCUT2D eigenvalue weighted by Crippen LogP contribution is -2.52. The first-order chi connectivity index (χ1) is 11.2. The minimum Gasteiger partial charge on any atom is -0.465 e. The number of hydrogen-bond acceptors (Lipinski definition) is 3. The zero-order valence-corrected chi connectivity index (χ0v) is 16.6. The zero-order valence-electron chi connectivity index (χ0n) is 16.6. The van der Waals surface area contributed by atoms with Gasteiger partial charge in [0.05, 0.1) is 16.7 Å². The van der Waals surface area contributed by atoms with Crippen molar-refractivity contribution in [3.8, 4) is 0 Å². The lowest BCUT2D eigenvalue weighted by atomic mass is 9.68. The van der Waals surface area contributed by atoms with Gasteiger partial charge in [-0.2, -0.15) is 0 Å². The zero-order chi connectivity index (χ0) is 19.3. The molecule has 2 N–H and O–H groups in total. The molecule has 1 unspecified atom stereocenters. The summed E-state index contributed by atoms with van der Waals surface area (Å²) in [7, 11) is -0.473. The van der Waals surface area contributed by atoms with Crippen LogP contribution in [0.25, 0.3) is 0 Å². The second-order valence-electron chi connectivity index (χ2n) is 9.02. The van der Waals surface area contributed by atoms with Crippen molar-refractivity contribution in [1.29, 1.82) is 0 Å². The van der Waals surface area contributed by atoms with Gasteiger partial charge < -0.3 is 19.7 Å². The van der Waals surface area contributed by atoms with E-state index < -0.39 is 30.0 Å². The Labute approximate surface area is 151 Å². The summed E-state index contributed by atoms with van der Waals surface area (Å²) < 4.78 is 12.3. The summed E-state index contributed by atoms with van der Waals surface area (Å²) in [5.74, 6) is 0. The Balaban J connectivity index is 2.43. The van der Waals surface area contributed by atoms with Crippen LogP contribution in [-0.4, -0.2) is 29.5 Å². The van der Waals surface area contributed by atoms with Crippen LogP contribution in [0.2, 0.25) is 0 Å². The second kappa shape index (κ2) is 6.03. The highest BCUT2D eigenvalue weighted by Crippen LogP contribution is 2.40. The lowest BCUT2D eigenvalue weighted by Gasteiger charge is -2.42. The minimum atomic E-state index is -1.04. The van der Waals surface area contributed by atoms with Gasteiger partial charge in [-0.1, -0.05) is 45.0 Å². The van der Waals surface area contributed by atoms with Gasteiger partial charge in [0.15, 0.2) is 0 Å². The van der Waals surface area contributed by atoms with Gasteiger partial charge in [0.1, 0.15) is 0 Å². The van der Waals surface area contributed by atoms with Gasteiger partial charge in [0.25, 0.3) is 0 Å². The van der Waals surface area contributed by atoms with E-state index in [1.165, 1.54) is 0 Å². The van der Waals surface area contributed by atoms with Crippen molar-refractivity contribution in [2.75, 3.05) is 0 Å². The fourth-order valence-corrected chi connectivity index (χ4v) is 2.88. The van der Waals surface area contributed by atoms with E-state index in [1.807, 2.05) is 79.7 Å². The normalized spacial score (nSPS) is 21.7. The molecule has 1 amide bonds. The van der Waals surface area contributed by atoms with Gasteiger partial charge in [-0.05, 0) is 51.1 Å². The van der Waals surface area contributed by atoms with E-state index in [4.69, 9.17) is 9.31 Å². The molecular weight excluding hydrogens is 317 g/mol. The summed E-state index contributed by atoms with van der Waals surface area (Å²) in [6.07, 6.45) is -1.04. The van der Waals surface area contributed by atoms with E-state index in [0.717, 1.165) is 11.0 Å². The fourth-order valence-electron chi connectivity index (χ4n) is 2.88. The van der Waals surface area contributed by atoms with E-state index in [2.05, 4.69) is 5.32 Å². The smallest absolute Gasteiger partial charge is 0.465 e. The third-order valence-corrected chi connectivity index (χ3v) is 5.85. The summed E-state index contributed by atoms with van der Waals surface area (Å²) in [5, 5.41) is 12.0. The molecule has 138 valence electrons. The molecule has 0 radical (unpaired) electrons. The lowest BCUT2D eigenvalue weighted by molar-refractivity contribution is 0.00578. The molecule has 0 aromatic heterocycles. The molecule has 1 heterocycles. The van der Waals surface area contributed by atoms with E-state index in [0.29, 0.717) is 0 Å². The van der Waals surface area contributed by atoms with Crippen LogP contribution in [0.4, 0.5) is 4.79 Å². The number of benzene rings is 1. The van der Waals surface area contributed by atoms with Crippen molar-refractivity contribution in [1.82, 2.24) is 5.32 Å². The Morgan fingerprint density at radius 2 is 1.60 bits per heavy atom. The van der Waals surface area contributed by atoms with E-state index in [1.54, 1.807) is 0 Å². The number of carboxylic acid groups (broad SMARTS) is 1. The van der Waals surface area contributed by atoms with Crippen molar-refractivity contribution in [2.24, 2.45) is 5.41 Å². The first-order valence-electron chi connectivity index (χ1n) is 8.67. The summed E-state index contributed by atoms with van der Waals surface area (Å²) in [5.41, 5.74) is -0.132. The van der Waals surface area contributed by atoms with Crippen LogP contribution in [0.3, 0.4) is 0 Å². The van der Waals surface area contributed by atoms with Gasteiger partial charge >= 0.3 is 13.2 Å². The highest BCUT2D eigenvalue weighted by atomic mass is 16.7. The number of carbonyl (C=O) groups is 1. The van der Waals surface area contributed by atoms with E-state index >= 15 is 0 Å². The Morgan fingerprint density at radius 3 is 2.04 bits per heavy atom. The molecule has 0 aliphatic carbocycles. The van der Waals surface area contributed by atoms with Crippen LogP contribution in [-0.2, 0) is 14.8 Å². The Kier molecular flexibility index (Phi) is 4.77. The SMILES string of the molecule is CC(C)(C)C(C)(NC(=O)O)c1cccc(B2OC(C)(C)C(C)(C)O2)c1. The van der Waals surface area contributed by atoms with Crippen molar-refractivity contribution >= 4 is 18.7 Å². The number of hydrogen-bond donors (Lipinski definition) is 2. The molecule has 1 aliphatic rings. The highest BCUT2D eigenvalue weighted by Gasteiger charge is 2.52. The summed E-state index contributed by atoms with van der Waals surface area (Å²) >= 11 is 0. The van der Waals surface area contributed by atoms with Gasteiger partial charge in [-0.15, -0.1) is 0 Å². The number of rotatable bonds is 3. The van der Waals surface area contributed by atoms with Crippen molar-refractivity contribution in [3.05, 3.63) is 29.8 Å². The molecule has 1 aliphatic heterocycles. The molecule has 25 heavy (non-hydrogen) atoms. The second-order valence-corrected chi connectivity index (χ2v) is 9.02. The first-order valence-corrected chi connectivity index (χ1v) is 8.67. The maximum atomic E-state index is 11.4. The highest BCUT2D eigenvalue weighted by molar-refractivity contribution is 6.62. The van der Waals surface area contributed by atoms with Crippen LogP contribution in [0.1, 0.15) is 61.0 Å². The van der Waals surface area contributed by atoms with Gasteiger partial charge in [0, 0.05) is 0 Å². The monoisotopic (exact) mass is 347 g/mol. The van der Waals surface area contributed by atoms with Gasteiger partial charge in [-0.25, -0.2) is 4.79 Å². The Bertz CT molecular complexity index is 650. The van der Waals surface area contributed by atoms with Gasteiger partial charge in [0.2, 0.25) is 0 Å². The molecule has 1 saturated heterocycles. The topological polar surface area (TPSA) is 67.8 Å². The van der Waals surface area contributed by atoms with Crippen LogP contribution in [0.15, 0.2) is 24.3 Å². The van der Waals surface area contributed by atoms with Crippen molar-refractivity contribution < 1.29 is 19.2 Å². The average Bonchev–Trinajstić information content (AvgIpc) is 2.65. The summed E-state index contributed by atoms with van der Waals surface area (Å²) in [6, 6.07) is 7.79. The third-order valence-electron chi connectivity index (χ3n) is 5.85. The number of amides is 1. The standard InChI is InChI=1S/C19H30BNO4/c1-16(2,3)19(8,21-15(22)23)13-10-9-11-14(12-13)20-24-17(4,5)18(6,7)25-20/h9-12,21H,1-8H3,(H,22,23). The van der Waals surface area contributed by atoms with Crippen molar-refractivity contribution in [2.45, 2.75) is 72.1 Å². The molecule has 1 atom stereocenters. The Morgan fingerprint density at radius 1 is 1.08 bits per heavy atom. The van der Waals surface area contributed by atoms with Crippen LogP contribution < -0.4 is 10.8 Å². The molecule has 6 heteroatoms. The maximum Gasteiger partial charge on any atom is 0.494 e. The maximum absolute atomic E-state index is 11.4. The quantitative estimate of drug-likeness (QED) is 0.821. The molecular formula is C19H30BNO4. The van der Waals surface area contributed by atoms with Crippen LogP contribution >= 0.6 is 0 Å². The fraction of sp³-hybridized carbons (Fsp3) is 0.632. The molecule has 0 saturated carbocycles. The van der Waals surface area contributed by atoms with Crippen LogP contribution in [0.5, 0.6) is 0 Å². The van der Waals surface area contributed by atoms with E-state index in [-0.39, 0.29) is 5.41 Å². The Hall–Kier alpha value is -1.53. The minimum absolute atomic E-state index is 0.319. The molecule has 1 fully saturated rings. The van der Waals surface area contributed by atoms with Crippen LogP contribution in [0, 0.1) is 5.41 Å². The molecule has 5 nitrogen and oxygen atoms in total. The summed E-state index contributed by atoms with van der Waals surface area (Å²) in [4.78, 5) is 11.4. The predicted molar refractivity (Wildman–Crippen MR) is 100 cm³/mol. The van der Waals surface area contributed by atoms with Gasteiger partial charge in [-0.3, -0.25) is 0 Å². The van der Waals surface area contributed by atoms with Crippen molar-refractivity contribution in [3.63, 3.8) is 0 Å². The van der Waals surface area contributed by atoms with E-state index in [9.17, 15) is 9.90 Å². The summed E-state index contributed by atoms with van der Waals surface area (Å²) in [6.45, 7) is 16.0. The first kappa shape index (κ1) is 19.8. The molecule has 1 aromatic carbocycles. The molecule has 0 spiro atoms. The molecule has 1 aromatic rings. The largest absolute Gasteiger partial charge is 0.494 e. The molecule has 0 bridgehead atoms. The predicted octanol–water partition coefficient (Wildman–Crippen LogP) is 3.51.